The monoisotopic (exact) mass is 498 g/mol. The molecule has 3 aromatic rings. The van der Waals surface area contributed by atoms with Crippen LogP contribution >= 0.6 is 0 Å². The van der Waals surface area contributed by atoms with Gasteiger partial charge in [-0.05, 0) is 60.0 Å². The van der Waals surface area contributed by atoms with Gasteiger partial charge in [0.25, 0.3) is 0 Å². The van der Waals surface area contributed by atoms with Crippen LogP contribution in [-0.4, -0.2) is 36.6 Å². The van der Waals surface area contributed by atoms with Crippen molar-refractivity contribution in [3.63, 3.8) is 0 Å². The van der Waals surface area contributed by atoms with E-state index in [1.54, 1.807) is 59.5 Å². The van der Waals surface area contributed by atoms with Gasteiger partial charge in [-0.2, -0.15) is 13.2 Å². The molecule has 36 heavy (non-hydrogen) atoms. The topological polar surface area (TPSA) is 78.9 Å². The number of rotatable bonds is 8. The summed E-state index contributed by atoms with van der Waals surface area (Å²) in [5.74, 6) is -0.927. The lowest BCUT2D eigenvalue weighted by molar-refractivity contribution is -0.141. The molecule has 1 unspecified atom stereocenters. The molecule has 0 saturated carbocycles. The van der Waals surface area contributed by atoms with Gasteiger partial charge in [0.2, 0.25) is 5.91 Å². The highest BCUT2D eigenvalue weighted by Gasteiger charge is 2.34. The van der Waals surface area contributed by atoms with Crippen LogP contribution in [0.4, 0.5) is 18.9 Å². The fraction of sp³-hybridized carbons (Fsp3) is 0.259. The first-order valence-corrected chi connectivity index (χ1v) is 11.4. The van der Waals surface area contributed by atoms with E-state index in [-0.39, 0.29) is 24.5 Å². The Balaban J connectivity index is 1.47. The summed E-state index contributed by atoms with van der Waals surface area (Å²) in [5.41, 5.74) is 1.79. The van der Waals surface area contributed by atoms with E-state index in [4.69, 9.17) is 4.74 Å². The largest absolute Gasteiger partial charge is 0.489 e. The third-order valence-corrected chi connectivity index (χ3v) is 6.15. The van der Waals surface area contributed by atoms with Crippen molar-refractivity contribution in [3.05, 3.63) is 83.4 Å². The first-order valence-electron chi connectivity index (χ1n) is 11.4. The van der Waals surface area contributed by atoms with Gasteiger partial charge in [0.15, 0.2) is 0 Å². The van der Waals surface area contributed by atoms with Crippen LogP contribution in [0.15, 0.2) is 66.7 Å². The van der Waals surface area contributed by atoms with Gasteiger partial charge in [-0.1, -0.05) is 42.5 Å². The smallest absolute Gasteiger partial charge is 0.417 e. The van der Waals surface area contributed by atoms with Crippen LogP contribution in [0.25, 0.3) is 11.1 Å². The average Bonchev–Trinajstić information content (AvgIpc) is 3.29. The molecule has 4 rings (SSSR count). The van der Waals surface area contributed by atoms with Crippen LogP contribution in [0.2, 0.25) is 0 Å². The number of aliphatic carboxylic acids is 1. The van der Waals surface area contributed by atoms with Crippen molar-refractivity contribution in [3.8, 4) is 16.9 Å². The number of benzene rings is 3. The molecule has 1 aliphatic heterocycles. The fourth-order valence-corrected chi connectivity index (χ4v) is 4.28. The van der Waals surface area contributed by atoms with E-state index < -0.39 is 23.8 Å². The number of carbonyl (C=O) groups is 2. The predicted octanol–water partition coefficient (Wildman–Crippen LogP) is 4.90. The van der Waals surface area contributed by atoms with Gasteiger partial charge in [0, 0.05) is 12.2 Å². The second-order valence-electron chi connectivity index (χ2n) is 8.50. The number of nitrogens with zero attached hydrogens (tertiary/aromatic N) is 1. The lowest BCUT2D eigenvalue weighted by Crippen LogP contribution is -2.40. The predicted molar refractivity (Wildman–Crippen MR) is 129 cm³/mol. The van der Waals surface area contributed by atoms with Crippen molar-refractivity contribution in [2.45, 2.75) is 31.7 Å². The highest BCUT2D eigenvalue weighted by molar-refractivity contribution is 5.98. The van der Waals surface area contributed by atoms with Crippen molar-refractivity contribution in [2.24, 2.45) is 0 Å². The molecule has 1 atom stereocenters. The maximum atomic E-state index is 13.8. The van der Waals surface area contributed by atoms with Crippen LogP contribution in [0, 0.1) is 0 Å². The molecule has 1 amide bonds. The fourth-order valence-electron chi connectivity index (χ4n) is 4.28. The van der Waals surface area contributed by atoms with E-state index in [0.717, 1.165) is 11.6 Å². The number of carbonyl (C=O) groups excluding carboxylic acids is 1. The summed E-state index contributed by atoms with van der Waals surface area (Å²) in [6, 6.07) is 16.8. The van der Waals surface area contributed by atoms with Crippen LogP contribution < -0.4 is 15.0 Å². The summed E-state index contributed by atoms with van der Waals surface area (Å²) in [6.45, 7) is 0.367. The highest BCUT2D eigenvalue weighted by Crippen LogP contribution is 2.38. The van der Waals surface area contributed by atoms with Gasteiger partial charge in [-0.15, -0.1) is 0 Å². The lowest BCUT2D eigenvalue weighted by atomic mass is 9.97. The molecule has 1 heterocycles. The molecule has 0 aromatic heterocycles. The average molecular weight is 499 g/mol. The summed E-state index contributed by atoms with van der Waals surface area (Å²) >= 11 is 0. The number of carboxylic acid groups (broad SMARTS) is 1. The van der Waals surface area contributed by atoms with Crippen molar-refractivity contribution in [1.82, 2.24) is 5.32 Å². The van der Waals surface area contributed by atoms with E-state index in [9.17, 15) is 27.9 Å². The van der Waals surface area contributed by atoms with Gasteiger partial charge >= 0.3 is 12.1 Å². The molecule has 1 aliphatic rings. The molecule has 0 bridgehead atoms. The second-order valence-corrected chi connectivity index (χ2v) is 8.50. The van der Waals surface area contributed by atoms with Crippen LogP contribution in [0.5, 0.6) is 5.75 Å². The van der Waals surface area contributed by atoms with Crippen molar-refractivity contribution >= 4 is 17.6 Å². The Hall–Kier alpha value is -3.85. The number of likely N-dealkylation sites (N-methyl/N-ethyl adjacent to an activating group) is 1. The molecule has 0 saturated heterocycles. The molecule has 0 radical (unpaired) electrons. The maximum absolute atomic E-state index is 13.8. The Kier molecular flexibility index (Phi) is 7.30. The van der Waals surface area contributed by atoms with Crippen molar-refractivity contribution in [1.29, 1.82) is 0 Å². The minimum atomic E-state index is -4.52. The Morgan fingerprint density at radius 1 is 1.08 bits per heavy atom. The number of carboxylic acids is 1. The molecule has 188 valence electrons. The van der Waals surface area contributed by atoms with Gasteiger partial charge in [0.1, 0.15) is 18.4 Å². The van der Waals surface area contributed by atoms with Crippen LogP contribution in [-0.2, 0) is 28.8 Å². The van der Waals surface area contributed by atoms with E-state index >= 15 is 0 Å². The SMILES string of the molecule is CNC(CC(=O)N1CCc2cc(OCc3ccc(-c4ccccc4)c(C(F)(F)F)c3)ccc21)C(=O)O. The molecule has 6 nitrogen and oxygen atoms in total. The van der Waals surface area contributed by atoms with E-state index in [0.29, 0.717) is 35.5 Å². The summed E-state index contributed by atoms with van der Waals surface area (Å²) in [6.07, 6.45) is -4.12. The molecule has 3 aromatic carbocycles. The standard InChI is InChI=1S/C27H25F3N2O4/c1-31-23(26(34)35)15-25(33)32-12-11-19-14-20(8-10-24(19)32)36-16-17-7-9-21(18-5-3-2-4-6-18)22(13-17)27(28,29)30/h2-10,13-14,23,31H,11-12,15-16H2,1H3,(H,34,35). The van der Waals surface area contributed by atoms with Gasteiger partial charge in [-0.25, -0.2) is 0 Å². The van der Waals surface area contributed by atoms with Crippen molar-refractivity contribution in [2.75, 3.05) is 18.5 Å². The summed E-state index contributed by atoms with van der Waals surface area (Å²) in [4.78, 5) is 25.4. The third-order valence-electron chi connectivity index (χ3n) is 6.15. The normalized spacial score (nSPS) is 13.8. The molecule has 0 fully saturated rings. The Labute approximate surface area is 206 Å². The number of nitrogens with one attached hydrogen (secondary N) is 1. The number of fused-ring (bicyclic) bond motifs is 1. The van der Waals surface area contributed by atoms with Gasteiger partial charge in [-0.3, -0.25) is 9.59 Å². The minimum Gasteiger partial charge on any atom is -0.489 e. The minimum absolute atomic E-state index is 0.0535. The number of hydrogen-bond donors (Lipinski definition) is 2. The molecular weight excluding hydrogens is 473 g/mol. The second kappa shape index (κ2) is 10.4. The summed E-state index contributed by atoms with van der Waals surface area (Å²) in [7, 11) is 1.49. The number of alkyl halides is 3. The maximum Gasteiger partial charge on any atom is 0.417 e. The molecular formula is C27H25F3N2O4. The van der Waals surface area contributed by atoms with E-state index in [1.807, 2.05) is 0 Å². The number of anilines is 1. The van der Waals surface area contributed by atoms with Crippen LogP contribution in [0.1, 0.15) is 23.1 Å². The Bertz CT molecular complexity index is 1260. The van der Waals surface area contributed by atoms with Gasteiger partial charge < -0.3 is 20.1 Å². The summed E-state index contributed by atoms with van der Waals surface area (Å²) in [5, 5.41) is 11.8. The lowest BCUT2D eigenvalue weighted by Gasteiger charge is -2.20. The Morgan fingerprint density at radius 2 is 1.83 bits per heavy atom. The number of halogens is 3. The molecule has 0 spiro atoms. The quantitative estimate of drug-likeness (QED) is 0.462. The molecule has 0 aliphatic carbocycles. The van der Waals surface area contributed by atoms with E-state index in [1.165, 1.54) is 13.1 Å². The zero-order valence-electron chi connectivity index (χ0n) is 19.5. The zero-order valence-corrected chi connectivity index (χ0v) is 19.5. The molecule has 9 heteroatoms. The summed E-state index contributed by atoms with van der Waals surface area (Å²) < 4.78 is 47.1. The van der Waals surface area contributed by atoms with E-state index in [2.05, 4.69) is 5.32 Å². The first kappa shape index (κ1) is 25.2. The highest BCUT2D eigenvalue weighted by atomic mass is 19.4. The van der Waals surface area contributed by atoms with Crippen molar-refractivity contribution < 1.29 is 32.6 Å². The number of hydrogen-bond acceptors (Lipinski definition) is 4. The first-order chi connectivity index (χ1) is 17.2. The number of amides is 1. The molecule has 2 N–H and O–H groups in total. The van der Waals surface area contributed by atoms with Gasteiger partial charge in [0.05, 0.1) is 12.0 Å². The zero-order chi connectivity index (χ0) is 25.9. The third kappa shape index (κ3) is 5.52. The number of ether oxygens (including phenoxy) is 1. The Morgan fingerprint density at radius 3 is 2.50 bits per heavy atom. The van der Waals surface area contributed by atoms with Crippen LogP contribution in [0.3, 0.4) is 0 Å².